The number of hydrogen-bond donors (Lipinski definition) is 0. The molecule has 0 aliphatic carbocycles. The van der Waals surface area contributed by atoms with E-state index in [0.29, 0.717) is 0 Å². The molecule has 3 rings (SSSR count). The van der Waals surface area contributed by atoms with E-state index < -0.39 is 0 Å². The van der Waals surface area contributed by atoms with Crippen molar-refractivity contribution < 1.29 is 0 Å². The molecule has 1 aliphatic rings. The summed E-state index contributed by atoms with van der Waals surface area (Å²) in [5.74, 6) is 0.906. The maximum atomic E-state index is 4.77. The maximum Gasteiger partial charge on any atom is 0.170 e. The Kier molecular flexibility index (Phi) is 4.43. The summed E-state index contributed by atoms with van der Waals surface area (Å²) < 4.78 is 2.36. The predicted molar refractivity (Wildman–Crippen MR) is 86.1 cm³/mol. The van der Waals surface area contributed by atoms with Gasteiger partial charge in [-0.05, 0) is 38.1 Å². The number of hydrogen-bond acceptors (Lipinski definition) is 3. The first-order valence-electron chi connectivity index (χ1n) is 7.30. The third-order valence-corrected chi connectivity index (χ3v) is 4.71. The summed E-state index contributed by atoms with van der Waals surface area (Å²) in [5.41, 5.74) is 2.33. The Morgan fingerprint density at radius 1 is 1.20 bits per heavy atom. The molecule has 0 atom stereocenters. The molecule has 3 nitrogen and oxygen atoms in total. The Bertz CT molecular complexity index is 584. The first kappa shape index (κ1) is 13.7. The normalized spacial score (nSPS) is 16.6. The van der Waals surface area contributed by atoms with Gasteiger partial charge in [-0.2, -0.15) is 0 Å². The number of piperidine rings is 1. The lowest BCUT2D eigenvalue weighted by Crippen LogP contribution is -2.31. The minimum Gasteiger partial charge on any atom is -0.305 e. The second-order valence-electron chi connectivity index (χ2n) is 5.23. The van der Waals surface area contributed by atoms with Crippen LogP contribution in [0.4, 0.5) is 0 Å². The number of benzene rings is 1. The highest BCUT2D eigenvalue weighted by molar-refractivity contribution is 7.99. The summed E-state index contributed by atoms with van der Waals surface area (Å²) in [5, 5.41) is 1.11. The molecule has 2 heterocycles. The topological polar surface area (TPSA) is 21.1 Å². The fourth-order valence-electron chi connectivity index (χ4n) is 2.73. The van der Waals surface area contributed by atoms with Crippen molar-refractivity contribution in [3.63, 3.8) is 0 Å². The van der Waals surface area contributed by atoms with Crippen molar-refractivity contribution in [3.05, 3.63) is 36.9 Å². The van der Waals surface area contributed by atoms with E-state index in [1.54, 1.807) is 11.8 Å². The summed E-state index contributed by atoms with van der Waals surface area (Å²) in [4.78, 5) is 7.30. The minimum atomic E-state index is 0.906. The summed E-state index contributed by atoms with van der Waals surface area (Å²) in [6.07, 6.45) is 5.96. The van der Waals surface area contributed by atoms with Crippen molar-refractivity contribution >= 4 is 22.8 Å². The van der Waals surface area contributed by atoms with Crippen LogP contribution in [0.25, 0.3) is 11.0 Å². The molecule has 1 aliphatic heterocycles. The van der Waals surface area contributed by atoms with E-state index in [-0.39, 0.29) is 0 Å². The zero-order valence-corrected chi connectivity index (χ0v) is 12.6. The number of rotatable bonds is 5. The summed E-state index contributed by atoms with van der Waals surface area (Å²) in [6, 6.07) is 8.42. The molecular weight excluding hydrogens is 266 g/mol. The highest BCUT2D eigenvalue weighted by Gasteiger charge is 2.15. The monoisotopic (exact) mass is 287 g/mol. The zero-order valence-electron chi connectivity index (χ0n) is 11.8. The second kappa shape index (κ2) is 6.46. The fraction of sp³-hybridized carbons (Fsp3) is 0.438. The third kappa shape index (κ3) is 2.91. The maximum absolute atomic E-state index is 4.77. The van der Waals surface area contributed by atoms with E-state index in [1.165, 1.54) is 37.9 Å². The van der Waals surface area contributed by atoms with Gasteiger partial charge in [0.1, 0.15) is 0 Å². The van der Waals surface area contributed by atoms with Crippen LogP contribution >= 0.6 is 11.8 Å². The van der Waals surface area contributed by atoms with E-state index in [0.717, 1.165) is 23.1 Å². The molecule has 20 heavy (non-hydrogen) atoms. The lowest BCUT2D eigenvalue weighted by atomic mass is 10.1. The SMILES string of the molecule is C=CCSc1nc2ccccc2n1CN1CCCCC1. The molecular formula is C16H21N3S. The number of thioether (sulfide) groups is 1. The van der Waals surface area contributed by atoms with Crippen LogP contribution in [0.5, 0.6) is 0 Å². The molecule has 0 saturated carbocycles. The van der Waals surface area contributed by atoms with Gasteiger partial charge in [0.05, 0.1) is 17.7 Å². The smallest absolute Gasteiger partial charge is 0.170 e. The molecule has 1 fully saturated rings. The molecule has 2 aromatic rings. The van der Waals surface area contributed by atoms with Crippen LogP contribution in [-0.4, -0.2) is 33.3 Å². The molecule has 0 spiro atoms. The van der Waals surface area contributed by atoms with E-state index in [1.807, 2.05) is 6.08 Å². The number of nitrogens with zero attached hydrogens (tertiary/aromatic N) is 3. The molecule has 1 saturated heterocycles. The molecule has 0 N–H and O–H groups in total. The van der Waals surface area contributed by atoms with Crippen LogP contribution in [0.15, 0.2) is 42.1 Å². The third-order valence-electron chi connectivity index (χ3n) is 3.74. The van der Waals surface area contributed by atoms with Gasteiger partial charge in [-0.15, -0.1) is 6.58 Å². The van der Waals surface area contributed by atoms with Crippen LogP contribution in [0.1, 0.15) is 19.3 Å². The highest BCUT2D eigenvalue weighted by Crippen LogP contribution is 2.25. The number of imidazole rings is 1. The highest BCUT2D eigenvalue weighted by atomic mass is 32.2. The first-order chi connectivity index (χ1) is 9.88. The van der Waals surface area contributed by atoms with Crippen LogP contribution < -0.4 is 0 Å². The standard InChI is InChI=1S/C16H21N3S/c1-2-12-20-16-17-14-8-4-5-9-15(14)19(16)13-18-10-6-3-7-11-18/h2,4-5,8-9H,1,3,6-7,10-13H2. The average molecular weight is 287 g/mol. The van der Waals surface area contributed by atoms with Gasteiger partial charge in [0, 0.05) is 5.75 Å². The van der Waals surface area contributed by atoms with Gasteiger partial charge in [-0.1, -0.05) is 36.4 Å². The predicted octanol–water partition coefficient (Wildman–Crippen LogP) is 3.76. The Balaban J connectivity index is 1.90. The number of para-hydroxylation sites is 2. The molecule has 0 radical (unpaired) electrons. The largest absolute Gasteiger partial charge is 0.305 e. The zero-order chi connectivity index (χ0) is 13.8. The van der Waals surface area contributed by atoms with Crippen molar-refractivity contribution in [2.24, 2.45) is 0 Å². The molecule has 4 heteroatoms. The average Bonchev–Trinajstić information content (AvgIpc) is 2.84. The van der Waals surface area contributed by atoms with Gasteiger partial charge in [0.25, 0.3) is 0 Å². The Labute approximate surface area is 124 Å². The number of likely N-dealkylation sites (tertiary alicyclic amines) is 1. The Hall–Kier alpha value is -1.26. The number of fused-ring (bicyclic) bond motifs is 1. The molecule has 1 aromatic carbocycles. The van der Waals surface area contributed by atoms with Crippen molar-refractivity contribution in [2.45, 2.75) is 31.1 Å². The van der Waals surface area contributed by atoms with Gasteiger partial charge >= 0.3 is 0 Å². The molecule has 0 amide bonds. The van der Waals surface area contributed by atoms with Crippen LogP contribution in [0.3, 0.4) is 0 Å². The van der Waals surface area contributed by atoms with Gasteiger partial charge in [-0.25, -0.2) is 4.98 Å². The molecule has 106 valence electrons. The molecule has 0 unspecified atom stereocenters. The van der Waals surface area contributed by atoms with Crippen molar-refractivity contribution in [1.29, 1.82) is 0 Å². The summed E-state index contributed by atoms with van der Waals surface area (Å²) in [6.45, 7) is 7.18. The summed E-state index contributed by atoms with van der Waals surface area (Å²) in [7, 11) is 0. The van der Waals surface area contributed by atoms with Gasteiger partial charge in [-0.3, -0.25) is 4.90 Å². The van der Waals surface area contributed by atoms with Crippen LogP contribution in [0.2, 0.25) is 0 Å². The van der Waals surface area contributed by atoms with E-state index in [4.69, 9.17) is 4.98 Å². The Morgan fingerprint density at radius 2 is 2.00 bits per heavy atom. The Morgan fingerprint density at radius 3 is 2.80 bits per heavy atom. The van der Waals surface area contributed by atoms with Crippen LogP contribution in [0, 0.1) is 0 Å². The molecule has 0 bridgehead atoms. The van der Waals surface area contributed by atoms with E-state index in [2.05, 4.69) is 40.3 Å². The summed E-state index contributed by atoms with van der Waals surface area (Å²) >= 11 is 1.77. The van der Waals surface area contributed by atoms with Gasteiger partial charge in [0.15, 0.2) is 5.16 Å². The van der Waals surface area contributed by atoms with E-state index >= 15 is 0 Å². The fourth-order valence-corrected chi connectivity index (χ4v) is 3.48. The van der Waals surface area contributed by atoms with Gasteiger partial charge in [0.2, 0.25) is 0 Å². The van der Waals surface area contributed by atoms with Crippen molar-refractivity contribution in [1.82, 2.24) is 14.5 Å². The quantitative estimate of drug-likeness (QED) is 0.617. The minimum absolute atomic E-state index is 0.906. The molecule has 1 aromatic heterocycles. The van der Waals surface area contributed by atoms with Crippen molar-refractivity contribution in [2.75, 3.05) is 18.8 Å². The second-order valence-corrected chi connectivity index (χ2v) is 6.22. The lowest BCUT2D eigenvalue weighted by molar-refractivity contribution is 0.179. The lowest BCUT2D eigenvalue weighted by Gasteiger charge is -2.27. The number of aromatic nitrogens is 2. The van der Waals surface area contributed by atoms with Crippen molar-refractivity contribution in [3.8, 4) is 0 Å². The van der Waals surface area contributed by atoms with E-state index in [9.17, 15) is 0 Å². The van der Waals surface area contributed by atoms with Gasteiger partial charge < -0.3 is 4.57 Å². The first-order valence-corrected chi connectivity index (χ1v) is 8.28. The van der Waals surface area contributed by atoms with Crippen LogP contribution in [-0.2, 0) is 6.67 Å².